The fraction of sp³-hybridized carbons (Fsp3) is 0.393. The zero-order valence-electron chi connectivity index (χ0n) is 21.7. The van der Waals surface area contributed by atoms with E-state index >= 15 is 0 Å². The van der Waals surface area contributed by atoms with Crippen LogP contribution >= 0.6 is 11.8 Å². The molecule has 0 saturated heterocycles. The van der Waals surface area contributed by atoms with Crippen molar-refractivity contribution in [2.75, 3.05) is 26.6 Å². The van der Waals surface area contributed by atoms with E-state index in [2.05, 4.69) is 11.9 Å². The summed E-state index contributed by atoms with van der Waals surface area (Å²) in [6, 6.07) is 7.02. The number of likely N-dealkylation sites (N-methyl/N-ethyl adjacent to an activating group) is 1. The molecule has 9 nitrogen and oxygen atoms in total. The first kappa shape index (κ1) is 26.3. The number of carbonyl (C=O) groups is 1. The molecule has 5 rings (SSSR count). The Balaban J connectivity index is 1.67. The van der Waals surface area contributed by atoms with Crippen molar-refractivity contribution in [2.24, 2.45) is 0 Å². The van der Waals surface area contributed by atoms with Crippen molar-refractivity contribution in [3.63, 3.8) is 0 Å². The number of fused-ring (bicyclic) bond motifs is 6. The van der Waals surface area contributed by atoms with Crippen LogP contribution in [0.5, 0.6) is 11.5 Å². The third-order valence-electron chi connectivity index (χ3n) is 7.30. The SMILES string of the molecule is CS[C@H](C)CCC(=O)N(C)CCn1c(=O)c2cc(CO)c(CO)cc2c2cnc3cc4c(cc3c21)OCO4. The average Bonchev–Trinajstić information content (AvgIpc) is 3.40. The molecule has 38 heavy (non-hydrogen) atoms. The molecular weight excluding hydrogens is 506 g/mol. The zero-order valence-corrected chi connectivity index (χ0v) is 22.5. The Bertz CT molecular complexity index is 1600. The molecule has 2 aromatic carbocycles. The summed E-state index contributed by atoms with van der Waals surface area (Å²) in [4.78, 5) is 33.1. The molecule has 1 atom stereocenters. The fourth-order valence-electron chi connectivity index (χ4n) is 4.91. The van der Waals surface area contributed by atoms with Gasteiger partial charge in [0.05, 0.1) is 24.2 Å². The highest BCUT2D eigenvalue weighted by Crippen LogP contribution is 2.38. The predicted molar refractivity (Wildman–Crippen MR) is 149 cm³/mol. The van der Waals surface area contributed by atoms with E-state index in [1.165, 1.54) is 0 Å². The highest BCUT2D eigenvalue weighted by atomic mass is 32.2. The van der Waals surface area contributed by atoms with Gasteiger partial charge in [-0.15, -0.1) is 0 Å². The van der Waals surface area contributed by atoms with Gasteiger partial charge in [-0.05, 0) is 47.4 Å². The molecule has 4 aromatic rings. The summed E-state index contributed by atoms with van der Waals surface area (Å²) in [7, 11) is 1.76. The van der Waals surface area contributed by atoms with Crippen molar-refractivity contribution in [3.8, 4) is 11.5 Å². The number of hydrogen-bond donors (Lipinski definition) is 2. The number of pyridine rings is 2. The van der Waals surface area contributed by atoms with Gasteiger partial charge >= 0.3 is 0 Å². The first-order valence-corrected chi connectivity index (χ1v) is 13.8. The van der Waals surface area contributed by atoms with Crippen LogP contribution in [0.2, 0.25) is 0 Å². The summed E-state index contributed by atoms with van der Waals surface area (Å²) in [5, 5.41) is 22.7. The minimum absolute atomic E-state index is 0.0362. The number of thioether (sulfide) groups is 1. The Hall–Kier alpha value is -3.34. The van der Waals surface area contributed by atoms with Crippen LogP contribution in [0.4, 0.5) is 0 Å². The maximum atomic E-state index is 14.0. The minimum atomic E-state index is -0.297. The molecule has 10 heteroatoms. The van der Waals surface area contributed by atoms with Crippen molar-refractivity contribution >= 4 is 50.2 Å². The van der Waals surface area contributed by atoms with Crippen molar-refractivity contribution in [1.82, 2.24) is 14.5 Å². The third kappa shape index (κ3) is 4.68. The van der Waals surface area contributed by atoms with Gasteiger partial charge in [-0.1, -0.05) is 6.92 Å². The summed E-state index contributed by atoms with van der Waals surface area (Å²) >= 11 is 1.73. The van der Waals surface area contributed by atoms with Gasteiger partial charge in [-0.25, -0.2) is 0 Å². The van der Waals surface area contributed by atoms with Crippen molar-refractivity contribution in [3.05, 3.63) is 51.9 Å². The van der Waals surface area contributed by atoms with Gasteiger partial charge < -0.3 is 29.2 Å². The first-order chi connectivity index (χ1) is 18.4. The van der Waals surface area contributed by atoms with E-state index in [0.29, 0.717) is 62.6 Å². The van der Waals surface area contributed by atoms with Crippen molar-refractivity contribution < 1.29 is 24.5 Å². The lowest BCUT2D eigenvalue weighted by atomic mass is 9.98. The van der Waals surface area contributed by atoms with E-state index in [9.17, 15) is 19.8 Å². The monoisotopic (exact) mass is 537 g/mol. The summed E-state index contributed by atoms with van der Waals surface area (Å²) in [5.41, 5.74) is 2.13. The van der Waals surface area contributed by atoms with Gasteiger partial charge in [0.25, 0.3) is 5.56 Å². The minimum Gasteiger partial charge on any atom is -0.454 e. The van der Waals surface area contributed by atoms with Gasteiger partial charge in [0, 0.05) is 60.2 Å². The summed E-state index contributed by atoms with van der Waals surface area (Å²) in [6.07, 6.45) is 5.00. The lowest BCUT2D eigenvalue weighted by Gasteiger charge is -2.21. The maximum absolute atomic E-state index is 14.0. The Morgan fingerprint density at radius 3 is 2.45 bits per heavy atom. The molecule has 1 amide bonds. The molecule has 0 bridgehead atoms. The molecule has 0 radical (unpaired) electrons. The van der Waals surface area contributed by atoms with Crippen molar-refractivity contribution in [2.45, 2.75) is 44.8 Å². The van der Waals surface area contributed by atoms with Crippen LogP contribution < -0.4 is 15.0 Å². The van der Waals surface area contributed by atoms with E-state index in [-0.39, 0.29) is 38.0 Å². The number of hydrogen-bond acceptors (Lipinski definition) is 8. The standard InChI is InChI=1S/C28H31N3O6S/c1-16(38-3)4-5-26(34)30(2)6-7-31-27-21-10-24-25(37-15-36-24)11-23(21)29-12-22(27)19-8-17(13-32)18(14-33)9-20(19)28(31)35/h8-12,16,32-33H,4-7,13-15H2,1-3H3/t16-/m1/s1. The Morgan fingerprint density at radius 2 is 1.76 bits per heavy atom. The van der Waals surface area contributed by atoms with E-state index in [4.69, 9.17) is 9.47 Å². The van der Waals surface area contributed by atoms with Crippen LogP contribution in [-0.2, 0) is 24.6 Å². The number of carbonyl (C=O) groups excluding carboxylic acids is 1. The molecule has 2 N–H and O–H groups in total. The molecule has 0 unspecified atom stereocenters. The number of aliphatic hydroxyl groups is 2. The quantitative estimate of drug-likeness (QED) is 0.312. The summed E-state index contributed by atoms with van der Waals surface area (Å²) in [6.45, 7) is 2.28. The average molecular weight is 538 g/mol. The summed E-state index contributed by atoms with van der Waals surface area (Å²) < 4.78 is 12.8. The van der Waals surface area contributed by atoms with Crippen LogP contribution in [0.3, 0.4) is 0 Å². The van der Waals surface area contributed by atoms with Crippen LogP contribution in [-0.4, -0.2) is 62.5 Å². The first-order valence-electron chi connectivity index (χ1n) is 12.5. The topological polar surface area (TPSA) is 114 Å². The molecule has 0 fully saturated rings. The van der Waals surface area contributed by atoms with Crippen LogP contribution in [0.15, 0.2) is 35.3 Å². The number of rotatable bonds is 9. The second kappa shape index (κ2) is 10.8. The molecule has 3 heterocycles. The Morgan fingerprint density at radius 1 is 1.08 bits per heavy atom. The Kier molecular flexibility index (Phi) is 7.47. The highest BCUT2D eigenvalue weighted by Gasteiger charge is 2.21. The molecule has 1 aliphatic rings. The number of ether oxygens (including phenoxy) is 2. The zero-order chi connectivity index (χ0) is 27.0. The number of aliphatic hydroxyl groups excluding tert-OH is 2. The molecule has 2 aromatic heterocycles. The lowest BCUT2D eigenvalue weighted by molar-refractivity contribution is -0.130. The number of benzene rings is 2. The number of aromatic nitrogens is 2. The smallest absolute Gasteiger partial charge is 0.259 e. The normalized spacial score (nSPS) is 13.5. The number of nitrogens with zero attached hydrogens (tertiary/aromatic N) is 3. The lowest BCUT2D eigenvalue weighted by Crippen LogP contribution is -2.33. The van der Waals surface area contributed by atoms with Gasteiger partial charge in [-0.2, -0.15) is 11.8 Å². The highest BCUT2D eigenvalue weighted by molar-refractivity contribution is 7.99. The van der Waals surface area contributed by atoms with Gasteiger partial charge in [0.15, 0.2) is 11.5 Å². The van der Waals surface area contributed by atoms with Crippen LogP contribution in [0.1, 0.15) is 30.9 Å². The molecular formula is C28H31N3O6S. The third-order valence-corrected chi connectivity index (χ3v) is 8.34. The Labute approximate surface area is 224 Å². The van der Waals surface area contributed by atoms with Crippen LogP contribution in [0, 0.1) is 0 Å². The predicted octanol–water partition coefficient (Wildman–Crippen LogP) is 3.41. The van der Waals surface area contributed by atoms with E-state index < -0.39 is 0 Å². The fourth-order valence-corrected chi connectivity index (χ4v) is 5.26. The molecule has 1 aliphatic heterocycles. The molecule has 0 spiro atoms. The molecule has 0 saturated carbocycles. The second-order valence-electron chi connectivity index (χ2n) is 9.58. The largest absolute Gasteiger partial charge is 0.454 e. The summed E-state index contributed by atoms with van der Waals surface area (Å²) in [5.74, 6) is 1.21. The van der Waals surface area contributed by atoms with Crippen LogP contribution in [0.25, 0.3) is 32.6 Å². The second-order valence-corrected chi connectivity index (χ2v) is 10.9. The van der Waals surface area contributed by atoms with Crippen molar-refractivity contribution in [1.29, 1.82) is 0 Å². The molecule has 200 valence electrons. The van der Waals surface area contributed by atoms with Gasteiger partial charge in [-0.3, -0.25) is 14.6 Å². The van der Waals surface area contributed by atoms with Gasteiger partial charge in [0.1, 0.15) is 0 Å². The van der Waals surface area contributed by atoms with E-state index in [1.807, 2.05) is 12.3 Å². The molecule has 0 aliphatic carbocycles. The van der Waals surface area contributed by atoms with Gasteiger partial charge in [0.2, 0.25) is 12.7 Å². The van der Waals surface area contributed by atoms with E-state index in [1.54, 1.807) is 52.7 Å². The number of amides is 1. The van der Waals surface area contributed by atoms with E-state index in [0.717, 1.165) is 17.2 Å². The maximum Gasteiger partial charge on any atom is 0.259 e.